The van der Waals surface area contributed by atoms with Gasteiger partial charge in [-0.1, -0.05) is 49.2 Å². The molecule has 4 heteroatoms. The van der Waals surface area contributed by atoms with Gasteiger partial charge in [-0.3, -0.25) is 0 Å². The van der Waals surface area contributed by atoms with Crippen LogP contribution in [0, 0.1) is 6.92 Å². The summed E-state index contributed by atoms with van der Waals surface area (Å²) in [5, 5.41) is 0.754. The van der Waals surface area contributed by atoms with Crippen LogP contribution in [0.15, 0.2) is 36.4 Å². The van der Waals surface area contributed by atoms with Crippen LogP contribution < -0.4 is 4.90 Å². The zero-order valence-corrected chi connectivity index (χ0v) is 17.3. The lowest BCUT2D eigenvalue weighted by molar-refractivity contribution is 0.632. The molecule has 2 heterocycles. The maximum Gasteiger partial charge on any atom is 0.211 e. The number of hydrogen-bond acceptors (Lipinski definition) is 2. The standard InChI is InChI=1S/C23H28ClN3/c1-4-17(5-2)19-12-13-20(24)21-22(19)27-15-7-6-14-26(23(27)25-21)18-10-8-16(3)9-11-18/h8-13,17H,4-7,14-15H2,1-3H3. The van der Waals surface area contributed by atoms with Crippen LogP contribution in [0.1, 0.15) is 56.6 Å². The van der Waals surface area contributed by atoms with Gasteiger partial charge in [-0.2, -0.15) is 0 Å². The Morgan fingerprint density at radius 3 is 2.41 bits per heavy atom. The second-order valence-electron chi connectivity index (χ2n) is 7.60. The Morgan fingerprint density at radius 1 is 1.00 bits per heavy atom. The molecule has 0 saturated heterocycles. The average Bonchev–Trinajstić information content (AvgIpc) is 2.93. The van der Waals surface area contributed by atoms with Crippen molar-refractivity contribution in [2.75, 3.05) is 11.4 Å². The molecule has 0 N–H and O–H groups in total. The lowest BCUT2D eigenvalue weighted by atomic mass is 9.93. The van der Waals surface area contributed by atoms with Gasteiger partial charge in [0.05, 0.1) is 10.5 Å². The molecule has 1 aliphatic rings. The second-order valence-corrected chi connectivity index (χ2v) is 8.01. The lowest BCUT2D eigenvalue weighted by Gasteiger charge is -2.22. The van der Waals surface area contributed by atoms with Gasteiger partial charge in [-0.15, -0.1) is 0 Å². The fourth-order valence-electron chi connectivity index (χ4n) is 4.31. The molecule has 0 unspecified atom stereocenters. The molecule has 2 aromatic carbocycles. The van der Waals surface area contributed by atoms with E-state index in [0.717, 1.165) is 48.8 Å². The molecular weight excluding hydrogens is 354 g/mol. The van der Waals surface area contributed by atoms with E-state index in [9.17, 15) is 0 Å². The number of aromatic nitrogens is 2. The van der Waals surface area contributed by atoms with Crippen LogP contribution in [0.2, 0.25) is 5.02 Å². The van der Waals surface area contributed by atoms with Crippen LogP contribution in [0.4, 0.5) is 11.6 Å². The number of hydrogen-bond donors (Lipinski definition) is 0. The molecule has 0 aliphatic carbocycles. The van der Waals surface area contributed by atoms with Crippen molar-refractivity contribution >= 4 is 34.3 Å². The van der Waals surface area contributed by atoms with Crippen LogP contribution in [0.5, 0.6) is 0 Å². The van der Waals surface area contributed by atoms with Crippen molar-refractivity contribution in [1.29, 1.82) is 0 Å². The van der Waals surface area contributed by atoms with Gasteiger partial charge in [0.2, 0.25) is 5.95 Å². The molecule has 0 atom stereocenters. The third-order valence-corrected chi connectivity index (χ3v) is 6.19. The summed E-state index contributed by atoms with van der Waals surface area (Å²) in [6.07, 6.45) is 4.60. The van der Waals surface area contributed by atoms with E-state index in [-0.39, 0.29) is 0 Å². The first-order chi connectivity index (χ1) is 13.1. The molecule has 0 saturated carbocycles. The Bertz CT molecular complexity index is 938. The van der Waals surface area contributed by atoms with Gasteiger partial charge in [-0.05, 0) is 62.3 Å². The van der Waals surface area contributed by atoms with E-state index >= 15 is 0 Å². The summed E-state index contributed by atoms with van der Waals surface area (Å²) in [7, 11) is 0. The molecular formula is C23H28ClN3. The van der Waals surface area contributed by atoms with Crippen molar-refractivity contribution in [3.05, 3.63) is 52.5 Å². The Morgan fingerprint density at radius 2 is 1.70 bits per heavy atom. The highest BCUT2D eigenvalue weighted by atomic mass is 35.5. The van der Waals surface area contributed by atoms with Crippen LogP contribution >= 0.6 is 11.6 Å². The summed E-state index contributed by atoms with van der Waals surface area (Å²) in [5.74, 6) is 1.58. The van der Waals surface area contributed by atoms with Gasteiger partial charge in [0.25, 0.3) is 0 Å². The van der Waals surface area contributed by atoms with Gasteiger partial charge >= 0.3 is 0 Å². The average molecular weight is 382 g/mol. The summed E-state index contributed by atoms with van der Waals surface area (Å²) >= 11 is 6.60. The number of fused-ring (bicyclic) bond motifs is 3. The van der Waals surface area contributed by atoms with E-state index in [1.807, 2.05) is 6.07 Å². The van der Waals surface area contributed by atoms with Gasteiger partial charge < -0.3 is 9.47 Å². The van der Waals surface area contributed by atoms with Crippen LogP contribution in [-0.2, 0) is 6.54 Å². The van der Waals surface area contributed by atoms with Crippen molar-refractivity contribution in [1.82, 2.24) is 9.55 Å². The number of rotatable bonds is 4. The van der Waals surface area contributed by atoms with E-state index in [4.69, 9.17) is 16.6 Å². The predicted octanol–water partition coefficient (Wildman–Crippen LogP) is 6.83. The molecule has 0 bridgehead atoms. The summed E-state index contributed by atoms with van der Waals surface area (Å²) in [4.78, 5) is 7.42. The zero-order chi connectivity index (χ0) is 19.0. The molecule has 1 aromatic heterocycles. The Balaban J connectivity index is 1.94. The normalized spacial score (nSPS) is 14.6. The number of imidazole rings is 1. The highest BCUT2D eigenvalue weighted by Gasteiger charge is 2.25. The van der Waals surface area contributed by atoms with E-state index < -0.39 is 0 Å². The van der Waals surface area contributed by atoms with Gasteiger partial charge in [0.1, 0.15) is 5.52 Å². The number of benzene rings is 2. The van der Waals surface area contributed by atoms with Crippen molar-refractivity contribution in [3.8, 4) is 0 Å². The number of aryl methyl sites for hydroxylation is 2. The van der Waals surface area contributed by atoms with Crippen molar-refractivity contribution in [2.45, 2.75) is 58.9 Å². The molecule has 27 heavy (non-hydrogen) atoms. The molecule has 0 spiro atoms. The van der Waals surface area contributed by atoms with Crippen LogP contribution in [-0.4, -0.2) is 16.1 Å². The van der Waals surface area contributed by atoms with Crippen molar-refractivity contribution < 1.29 is 0 Å². The Hall–Kier alpha value is -2.00. The SMILES string of the molecule is CCC(CC)c1ccc(Cl)c2nc3n(c12)CCCCN3c1ccc(C)cc1. The minimum atomic E-state index is 0.543. The van der Waals surface area contributed by atoms with Crippen molar-refractivity contribution in [2.24, 2.45) is 0 Å². The minimum absolute atomic E-state index is 0.543. The highest BCUT2D eigenvalue weighted by molar-refractivity contribution is 6.35. The largest absolute Gasteiger partial charge is 0.312 e. The molecule has 0 fully saturated rings. The molecule has 1 aliphatic heterocycles. The van der Waals surface area contributed by atoms with Gasteiger partial charge in [-0.25, -0.2) is 4.98 Å². The van der Waals surface area contributed by atoms with Gasteiger partial charge in [0, 0.05) is 18.8 Å². The summed E-state index contributed by atoms with van der Waals surface area (Å²) in [6.45, 7) is 8.66. The molecule has 3 aromatic rings. The number of nitrogens with zero attached hydrogens (tertiary/aromatic N) is 3. The maximum absolute atomic E-state index is 6.60. The predicted molar refractivity (Wildman–Crippen MR) is 115 cm³/mol. The smallest absolute Gasteiger partial charge is 0.211 e. The summed E-state index contributed by atoms with van der Waals surface area (Å²) in [6, 6.07) is 13.0. The molecule has 0 radical (unpaired) electrons. The number of halogens is 1. The quantitative estimate of drug-likeness (QED) is 0.493. The van der Waals surface area contributed by atoms with E-state index in [0.29, 0.717) is 5.92 Å². The first-order valence-corrected chi connectivity index (χ1v) is 10.5. The molecule has 142 valence electrons. The highest BCUT2D eigenvalue weighted by Crippen LogP contribution is 2.39. The Kier molecular flexibility index (Phi) is 5.14. The van der Waals surface area contributed by atoms with E-state index in [1.54, 1.807) is 0 Å². The lowest BCUT2D eigenvalue weighted by Crippen LogP contribution is -2.19. The number of anilines is 2. The first kappa shape index (κ1) is 18.4. The van der Waals surface area contributed by atoms with Crippen LogP contribution in [0.3, 0.4) is 0 Å². The monoisotopic (exact) mass is 381 g/mol. The van der Waals surface area contributed by atoms with Crippen molar-refractivity contribution in [3.63, 3.8) is 0 Å². The minimum Gasteiger partial charge on any atom is -0.312 e. The zero-order valence-electron chi connectivity index (χ0n) is 16.5. The second kappa shape index (κ2) is 7.55. The van der Waals surface area contributed by atoms with Crippen LogP contribution in [0.25, 0.3) is 11.0 Å². The Labute approximate surface area is 167 Å². The third-order valence-electron chi connectivity index (χ3n) is 5.88. The molecule has 3 nitrogen and oxygen atoms in total. The first-order valence-electron chi connectivity index (χ1n) is 10.2. The summed E-state index contributed by atoms with van der Waals surface area (Å²) < 4.78 is 2.42. The van der Waals surface area contributed by atoms with E-state index in [2.05, 4.69) is 60.6 Å². The molecule has 0 amide bonds. The molecule has 4 rings (SSSR count). The van der Waals surface area contributed by atoms with Gasteiger partial charge in [0.15, 0.2) is 0 Å². The fourth-order valence-corrected chi connectivity index (χ4v) is 4.50. The fraction of sp³-hybridized carbons (Fsp3) is 0.435. The topological polar surface area (TPSA) is 21.1 Å². The maximum atomic E-state index is 6.60. The third kappa shape index (κ3) is 3.23. The van der Waals surface area contributed by atoms with E-state index in [1.165, 1.54) is 28.8 Å². The summed E-state index contributed by atoms with van der Waals surface area (Å²) in [5.41, 5.74) is 6.07.